The maximum Gasteiger partial charge on any atom is 0.00103 e. The molecule has 1 aliphatic rings. The molecule has 0 spiro atoms. The highest BCUT2D eigenvalue weighted by atomic mass is 14.9. The lowest BCUT2D eigenvalue weighted by molar-refractivity contribution is 0.304. The van der Waals surface area contributed by atoms with E-state index in [1.807, 2.05) is 0 Å². The molecule has 0 amide bonds. The molecule has 1 rings (SSSR count). The predicted molar refractivity (Wildman–Crippen MR) is 68.0 cm³/mol. The van der Waals surface area contributed by atoms with Crippen LogP contribution in [0.3, 0.4) is 0 Å². The fourth-order valence-corrected chi connectivity index (χ4v) is 2.34. The number of rotatable bonds is 5. The minimum atomic E-state index is 0.630. The van der Waals surface area contributed by atoms with E-state index in [9.17, 15) is 0 Å². The summed E-state index contributed by atoms with van der Waals surface area (Å²) in [6.07, 6.45) is 7.82. The van der Waals surface area contributed by atoms with Gasteiger partial charge in [0.25, 0.3) is 0 Å². The average molecular weight is 209 g/mol. The third-order valence-electron chi connectivity index (χ3n) is 3.64. The summed E-state index contributed by atoms with van der Waals surface area (Å²) >= 11 is 0. The normalized spacial score (nSPS) is 24.1. The van der Waals surface area contributed by atoms with Crippen LogP contribution in [-0.2, 0) is 0 Å². The molecule has 1 heteroatoms. The van der Waals surface area contributed by atoms with Crippen molar-refractivity contribution in [2.75, 3.05) is 6.54 Å². The molecule has 0 aliphatic heterocycles. The second-order valence-corrected chi connectivity index (χ2v) is 5.46. The third kappa shape index (κ3) is 4.83. The molecule has 0 aromatic rings. The van der Waals surface area contributed by atoms with Crippen LogP contribution in [0.2, 0.25) is 0 Å². The van der Waals surface area contributed by atoms with E-state index in [0.717, 1.165) is 11.8 Å². The van der Waals surface area contributed by atoms with Gasteiger partial charge in [0, 0.05) is 6.04 Å². The lowest BCUT2D eigenvalue weighted by atomic mass is 9.80. The van der Waals surface area contributed by atoms with Crippen LogP contribution < -0.4 is 5.32 Å². The molecule has 1 N–H and O–H groups in total. The van der Waals surface area contributed by atoms with Crippen molar-refractivity contribution in [2.45, 2.75) is 59.4 Å². The third-order valence-corrected chi connectivity index (χ3v) is 3.64. The molecule has 15 heavy (non-hydrogen) atoms. The number of hydrogen-bond donors (Lipinski definition) is 1. The molecule has 88 valence electrons. The Bertz CT molecular complexity index is 205. The summed E-state index contributed by atoms with van der Waals surface area (Å²) in [5, 5.41) is 3.51. The van der Waals surface area contributed by atoms with Crippen LogP contribution in [0.5, 0.6) is 0 Å². The first-order valence-electron chi connectivity index (χ1n) is 6.48. The molecule has 0 fully saturated rings. The highest BCUT2D eigenvalue weighted by Gasteiger charge is 2.18. The molecule has 2 atom stereocenters. The van der Waals surface area contributed by atoms with Gasteiger partial charge in [0.2, 0.25) is 0 Å². The lowest BCUT2D eigenvalue weighted by Gasteiger charge is -2.27. The first-order chi connectivity index (χ1) is 7.09. The Balaban J connectivity index is 2.20. The Morgan fingerprint density at radius 2 is 2.13 bits per heavy atom. The van der Waals surface area contributed by atoms with Crippen LogP contribution in [0.15, 0.2) is 11.6 Å². The Labute approximate surface area is 95.3 Å². The number of allylic oxidation sites excluding steroid dienone is 2. The van der Waals surface area contributed by atoms with E-state index < -0.39 is 0 Å². The smallest absolute Gasteiger partial charge is 0.00103 e. The summed E-state index contributed by atoms with van der Waals surface area (Å²) in [5.41, 5.74) is 1.60. The number of hydrogen-bond acceptors (Lipinski definition) is 1. The predicted octanol–water partition coefficient (Wildman–Crippen LogP) is 3.76. The van der Waals surface area contributed by atoms with E-state index in [1.54, 1.807) is 5.57 Å². The summed E-state index contributed by atoms with van der Waals surface area (Å²) in [5.74, 6) is 1.81. The van der Waals surface area contributed by atoms with Gasteiger partial charge in [-0.3, -0.25) is 0 Å². The van der Waals surface area contributed by atoms with Crippen LogP contribution in [0.25, 0.3) is 0 Å². The van der Waals surface area contributed by atoms with Crippen molar-refractivity contribution in [3.63, 3.8) is 0 Å². The molecule has 0 saturated heterocycles. The van der Waals surface area contributed by atoms with Gasteiger partial charge >= 0.3 is 0 Å². The Kier molecular flexibility index (Phi) is 5.38. The van der Waals surface area contributed by atoms with Crippen molar-refractivity contribution >= 4 is 0 Å². The minimum Gasteiger partial charge on any atom is -0.315 e. The standard InChI is InChI=1S/C14H27N/c1-11(2)15-10-9-13(4)14-7-5-12(3)6-8-14/h5,11,13-15H,6-10H2,1-4H3/t13?,14-/m0/s1. The summed E-state index contributed by atoms with van der Waals surface area (Å²) in [4.78, 5) is 0. The molecule has 0 aromatic heterocycles. The van der Waals surface area contributed by atoms with E-state index in [0.29, 0.717) is 6.04 Å². The Hall–Kier alpha value is -0.300. The van der Waals surface area contributed by atoms with E-state index in [4.69, 9.17) is 0 Å². The monoisotopic (exact) mass is 209 g/mol. The molecule has 1 unspecified atom stereocenters. The SMILES string of the molecule is CC1=CC[C@H](C(C)CCNC(C)C)CC1. The summed E-state index contributed by atoms with van der Waals surface area (Å²) in [6, 6.07) is 0.630. The van der Waals surface area contributed by atoms with Crippen LogP contribution in [0.4, 0.5) is 0 Å². The average Bonchev–Trinajstić information content (AvgIpc) is 2.18. The van der Waals surface area contributed by atoms with Crippen molar-refractivity contribution in [3.8, 4) is 0 Å². The fourth-order valence-electron chi connectivity index (χ4n) is 2.34. The van der Waals surface area contributed by atoms with Crippen molar-refractivity contribution in [1.82, 2.24) is 5.32 Å². The Morgan fingerprint density at radius 1 is 1.40 bits per heavy atom. The zero-order valence-electron chi connectivity index (χ0n) is 10.8. The van der Waals surface area contributed by atoms with Crippen molar-refractivity contribution in [3.05, 3.63) is 11.6 Å². The quantitative estimate of drug-likeness (QED) is 0.680. The molecule has 0 heterocycles. The molecular weight excluding hydrogens is 182 g/mol. The molecular formula is C14H27N. The Morgan fingerprint density at radius 3 is 2.67 bits per heavy atom. The van der Waals surface area contributed by atoms with Gasteiger partial charge in [-0.1, -0.05) is 32.4 Å². The molecule has 0 radical (unpaired) electrons. The van der Waals surface area contributed by atoms with Gasteiger partial charge in [-0.05, 0) is 51.0 Å². The van der Waals surface area contributed by atoms with E-state index in [2.05, 4.69) is 39.1 Å². The van der Waals surface area contributed by atoms with Gasteiger partial charge in [-0.25, -0.2) is 0 Å². The van der Waals surface area contributed by atoms with Crippen molar-refractivity contribution in [1.29, 1.82) is 0 Å². The molecule has 1 aliphatic carbocycles. The summed E-state index contributed by atoms with van der Waals surface area (Å²) in [7, 11) is 0. The first kappa shape index (κ1) is 12.8. The summed E-state index contributed by atoms with van der Waals surface area (Å²) < 4.78 is 0. The maximum absolute atomic E-state index is 3.51. The van der Waals surface area contributed by atoms with E-state index in [-0.39, 0.29) is 0 Å². The minimum absolute atomic E-state index is 0.630. The molecule has 0 aromatic carbocycles. The highest BCUT2D eigenvalue weighted by Crippen LogP contribution is 2.30. The van der Waals surface area contributed by atoms with Gasteiger partial charge in [-0.2, -0.15) is 0 Å². The largest absolute Gasteiger partial charge is 0.315 e. The van der Waals surface area contributed by atoms with Crippen molar-refractivity contribution in [2.24, 2.45) is 11.8 Å². The van der Waals surface area contributed by atoms with Crippen molar-refractivity contribution < 1.29 is 0 Å². The topological polar surface area (TPSA) is 12.0 Å². The van der Waals surface area contributed by atoms with E-state index >= 15 is 0 Å². The van der Waals surface area contributed by atoms with E-state index in [1.165, 1.54) is 32.2 Å². The van der Waals surface area contributed by atoms with Crippen LogP contribution in [0, 0.1) is 11.8 Å². The summed E-state index contributed by atoms with van der Waals surface area (Å²) in [6.45, 7) is 10.3. The second-order valence-electron chi connectivity index (χ2n) is 5.46. The molecule has 0 saturated carbocycles. The molecule has 0 bridgehead atoms. The molecule has 1 nitrogen and oxygen atoms in total. The lowest BCUT2D eigenvalue weighted by Crippen LogP contribution is -2.26. The van der Waals surface area contributed by atoms with Crippen LogP contribution in [0.1, 0.15) is 53.4 Å². The zero-order chi connectivity index (χ0) is 11.3. The maximum atomic E-state index is 3.51. The van der Waals surface area contributed by atoms with Crippen LogP contribution in [-0.4, -0.2) is 12.6 Å². The van der Waals surface area contributed by atoms with Gasteiger partial charge < -0.3 is 5.32 Å². The highest BCUT2D eigenvalue weighted by molar-refractivity contribution is 5.03. The zero-order valence-corrected chi connectivity index (χ0v) is 10.8. The van der Waals surface area contributed by atoms with Gasteiger partial charge in [0.15, 0.2) is 0 Å². The van der Waals surface area contributed by atoms with Gasteiger partial charge in [0.05, 0.1) is 0 Å². The van der Waals surface area contributed by atoms with Gasteiger partial charge in [0.1, 0.15) is 0 Å². The number of nitrogens with one attached hydrogen (secondary N) is 1. The second kappa shape index (κ2) is 6.32. The van der Waals surface area contributed by atoms with Gasteiger partial charge in [-0.15, -0.1) is 0 Å². The van der Waals surface area contributed by atoms with Crippen LogP contribution >= 0.6 is 0 Å². The fraction of sp³-hybridized carbons (Fsp3) is 0.857. The first-order valence-corrected chi connectivity index (χ1v) is 6.48.